The van der Waals surface area contributed by atoms with E-state index in [0.717, 1.165) is 23.9 Å². The Morgan fingerprint density at radius 1 is 1.12 bits per heavy atom. The Bertz CT molecular complexity index is 705. The highest BCUT2D eigenvalue weighted by Crippen LogP contribution is 2.24. The van der Waals surface area contributed by atoms with Crippen molar-refractivity contribution in [3.05, 3.63) is 64.7 Å². The van der Waals surface area contributed by atoms with Crippen LogP contribution in [0, 0.1) is 0 Å². The van der Waals surface area contributed by atoms with Crippen LogP contribution in [0.4, 0.5) is 5.69 Å². The minimum atomic E-state index is 0.207. The van der Waals surface area contributed by atoms with E-state index in [0.29, 0.717) is 12.3 Å². The molecule has 0 saturated carbocycles. The number of nitrogens with zero attached hydrogens (tertiary/aromatic N) is 2. The Hall–Kier alpha value is -1.65. The van der Waals surface area contributed by atoms with Crippen molar-refractivity contribution in [1.29, 1.82) is 0 Å². The first kappa shape index (κ1) is 17.2. The minimum absolute atomic E-state index is 0.207. The number of thioether (sulfide) groups is 1. The highest BCUT2D eigenvalue weighted by molar-refractivity contribution is 7.99. The normalized spacial score (nSPS) is 14.2. The molecule has 0 bridgehead atoms. The lowest BCUT2D eigenvalue weighted by molar-refractivity contribution is -0.128. The summed E-state index contributed by atoms with van der Waals surface area (Å²) in [5.74, 6) is 1.54. The van der Waals surface area contributed by atoms with Crippen molar-refractivity contribution in [3.63, 3.8) is 0 Å². The zero-order valence-electron chi connectivity index (χ0n) is 13.7. The fourth-order valence-corrected chi connectivity index (χ4v) is 3.85. The van der Waals surface area contributed by atoms with Crippen molar-refractivity contribution in [2.24, 2.45) is 0 Å². The maximum Gasteiger partial charge on any atom is 0.232 e. The summed E-state index contributed by atoms with van der Waals surface area (Å²) in [6.45, 7) is 2.33. The number of hydrogen-bond donors (Lipinski definition) is 0. The molecule has 1 aliphatic heterocycles. The molecule has 24 heavy (non-hydrogen) atoms. The predicted molar refractivity (Wildman–Crippen MR) is 103 cm³/mol. The fourth-order valence-electron chi connectivity index (χ4n) is 2.83. The van der Waals surface area contributed by atoms with Crippen LogP contribution < -0.4 is 4.90 Å². The van der Waals surface area contributed by atoms with Gasteiger partial charge in [0, 0.05) is 43.1 Å². The van der Waals surface area contributed by atoms with Gasteiger partial charge >= 0.3 is 0 Å². The Morgan fingerprint density at radius 2 is 1.88 bits per heavy atom. The van der Waals surface area contributed by atoms with Gasteiger partial charge in [-0.1, -0.05) is 41.9 Å². The molecule has 0 saturated heterocycles. The summed E-state index contributed by atoms with van der Waals surface area (Å²) in [6, 6.07) is 16.1. The van der Waals surface area contributed by atoms with Crippen LogP contribution in [-0.4, -0.2) is 36.7 Å². The SMILES string of the molecule is CN1CCN(C(=O)CSCc2ccc(Cl)cc2)Cc2ccccc21. The van der Waals surface area contributed by atoms with Gasteiger partial charge in [0.15, 0.2) is 0 Å². The molecule has 0 spiro atoms. The predicted octanol–water partition coefficient (Wildman–Crippen LogP) is 4.05. The number of anilines is 1. The summed E-state index contributed by atoms with van der Waals surface area (Å²) in [4.78, 5) is 16.8. The number of rotatable bonds is 4. The molecule has 1 aliphatic rings. The largest absolute Gasteiger partial charge is 0.373 e. The van der Waals surface area contributed by atoms with E-state index < -0.39 is 0 Å². The number of benzene rings is 2. The summed E-state index contributed by atoms with van der Waals surface area (Å²) in [5, 5.41) is 0.743. The molecule has 1 heterocycles. The molecule has 126 valence electrons. The molecular weight excluding hydrogens is 340 g/mol. The van der Waals surface area contributed by atoms with Crippen molar-refractivity contribution in [3.8, 4) is 0 Å². The number of fused-ring (bicyclic) bond motifs is 1. The summed E-state index contributed by atoms with van der Waals surface area (Å²) in [5.41, 5.74) is 3.63. The van der Waals surface area contributed by atoms with Gasteiger partial charge in [0.25, 0.3) is 0 Å². The molecule has 3 rings (SSSR count). The number of halogens is 1. The second kappa shape index (κ2) is 7.95. The second-order valence-electron chi connectivity index (χ2n) is 5.98. The van der Waals surface area contributed by atoms with E-state index in [1.807, 2.05) is 35.2 Å². The van der Waals surface area contributed by atoms with Crippen LogP contribution in [0.5, 0.6) is 0 Å². The van der Waals surface area contributed by atoms with E-state index in [4.69, 9.17) is 11.6 Å². The second-order valence-corrected chi connectivity index (χ2v) is 7.41. The van der Waals surface area contributed by atoms with E-state index in [2.05, 4.69) is 30.1 Å². The highest BCUT2D eigenvalue weighted by atomic mass is 35.5. The first-order valence-corrected chi connectivity index (χ1v) is 9.56. The minimum Gasteiger partial charge on any atom is -0.373 e. The van der Waals surface area contributed by atoms with E-state index in [9.17, 15) is 4.79 Å². The van der Waals surface area contributed by atoms with Crippen LogP contribution in [0.2, 0.25) is 5.02 Å². The van der Waals surface area contributed by atoms with Crippen molar-refractivity contribution in [1.82, 2.24) is 4.90 Å². The van der Waals surface area contributed by atoms with E-state index in [1.54, 1.807) is 11.8 Å². The van der Waals surface area contributed by atoms with Crippen LogP contribution in [0.25, 0.3) is 0 Å². The number of carbonyl (C=O) groups excluding carboxylic acids is 1. The summed E-state index contributed by atoms with van der Waals surface area (Å²) in [7, 11) is 2.09. The van der Waals surface area contributed by atoms with E-state index in [-0.39, 0.29) is 5.91 Å². The molecule has 5 heteroatoms. The van der Waals surface area contributed by atoms with Crippen molar-refractivity contribution in [2.45, 2.75) is 12.3 Å². The highest BCUT2D eigenvalue weighted by Gasteiger charge is 2.20. The molecule has 1 amide bonds. The smallest absolute Gasteiger partial charge is 0.232 e. The third-order valence-corrected chi connectivity index (χ3v) is 5.47. The third kappa shape index (κ3) is 4.25. The zero-order chi connectivity index (χ0) is 16.9. The monoisotopic (exact) mass is 360 g/mol. The van der Waals surface area contributed by atoms with Gasteiger partial charge in [-0.3, -0.25) is 4.79 Å². The van der Waals surface area contributed by atoms with Gasteiger partial charge in [0.05, 0.1) is 5.75 Å². The first-order chi connectivity index (χ1) is 11.6. The molecule has 0 unspecified atom stereocenters. The van der Waals surface area contributed by atoms with Gasteiger partial charge < -0.3 is 9.80 Å². The number of para-hydroxylation sites is 1. The average molecular weight is 361 g/mol. The molecule has 0 atom stereocenters. The third-order valence-electron chi connectivity index (χ3n) is 4.23. The Labute approximate surface area is 152 Å². The van der Waals surface area contributed by atoms with E-state index in [1.165, 1.54) is 16.8 Å². The van der Waals surface area contributed by atoms with Crippen LogP contribution in [0.1, 0.15) is 11.1 Å². The van der Waals surface area contributed by atoms with Crippen LogP contribution in [0.15, 0.2) is 48.5 Å². The fraction of sp³-hybridized carbons (Fsp3) is 0.316. The van der Waals surface area contributed by atoms with Gasteiger partial charge in [-0.2, -0.15) is 0 Å². The van der Waals surface area contributed by atoms with Gasteiger partial charge in [0.2, 0.25) is 5.91 Å². The molecule has 0 fully saturated rings. The van der Waals surface area contributed by atoms with Gasteiger partial charge in [-0.05, 0) is 29.3 Å². The first-order valence-electron chi connectivity index (χ1n) is 8.02. The quantitative estimate of drug-likeness (QED) is 0.821. The van der Waals surface area contributed by atoms with Crippen LogP contribution in [-0.2, 0) is 17.1 Å². The zero-order valence-corrected chi connectivity index (χ0v) is 15.3. The number of carbonyl (C=O) groups is 1. The molecule has 0 radical (unpaired) electrons. The lowest BCUT2D eigenvalue weighted by atomic mass is 10.1. The van der Waals surface area contributed by atoms with Crippen molar-refractivity contribution in [2.75, 3.05) is 30.8 Å². The lowest BCUT2D eigenvalue weighted by Crippen LogP contribution is -2.35. The van der Waals surface area contributed by atoms with Crippen LogP contribution >= 0.6 is 23.4 Å². The number of hydrogen-bond acceptors (Lipinski definition) is 3. The maximum absolute atomic E-state index is 12.6. The molecule has 0 aliphatic carbocycles. The topological polar surface area (TPSA) is 23.6 Å². The standard InChI is InChI=1S/C19H21ClN2OS/c1-21-10-11-22(12-16-4-2-3-5-18(16)21)19(23)14-24-13-15-6-8-17(20)9-7-15/h2-9H,10-14H2,1H3. The molecular formula is C19H21ClN2OS. The molecule has 0 aromatic heterocycles. The number of amides is 1. The van der Waals surface area contributed by atoms with Gasteiger partial charge in [-0.15, -0.1) is 11.8 Å². The van der Waals surface area contributed by atoms with Crippen molar-refractivity contribution < 1.29 is 4.79 Å². The summed E-state index contributed by atoms with van der Waals surface area (Å²) >= 11 is 7.55. The molecule has 3 nitrogen and oxygen atoms in total. The molecule has 2 aromatic rings. The molecule has 0 N–H and O–H groups in total. The lowest BCUT2D eigenvalue weighted by Gasteiger charge is -2.21. The van der Waals surface area contributed by atoms with E-state index >= 15 is 0 Å². The number of likely N-dealkylation sites (N-methyl/N-ethyl adjacent to an activating group) is 1. The Balaban J connectivity index is 1.56. The average Bonchev–Trinajstić information content (AvgIpc) is 2.76. The maximum atomic E-state index is 12.6. The Kier molecular flexibility index (Phi) is 5.69. The van der Waals surface area contributed by atoms with Gasteiger partial charge in [0.1, 0.15) is 0 Å². The van der Waals surface area contributed by atoms with Crippen molar-refractivity contribution >= 4 is 35.0 Å². The van der Waals surface area contributed by atoms with Crippen LogP contribution in [0.3, 0.4) is 0 Å². The molecule has 2 aromatic carbocycles. The Morgan fingerprint density at radius 3 is 2.67 bits per heavy atom. The van der Waals surface area contributed by atoms with Gasteiger partial charge in [-0.25, -0.2) is 0 Å². The summed E-state index contributed by atoms with van der Waals surface area (Å²) in [6.07, 6.45) is 0. The summed E-state index contributed by atoms with van der Waals surface area (Å²) < 4.78 is 0.